The van der Waals surface area contributed by atoms with Gasteiger partial charge >= 0.3 is 0 Å². The summed E-state index contributed by atoms with van der Waals surface area (Å²) in [6, 6.07) is 0. The van der Waals surface area contributed by atoms with E-state index in [1.165, 1.54) is 0 Å². The van der Waals surface area contributed by atoms with Crippen molar-refractivity contribution in [1.29, 1.82) is 0 Å². The molecular formula is C5H11NO3. The molecule has 0 unspecified atom stereocenters. The van der Waals surface area contributed by atoms with Crippen molar-refractivity contribution in [3.05, 3.63) is 13.2 Å². The number of carbonyl (C=O) groups is 2. The molecular weight excluding hydrogens is 122 g/mol. The molecule has 0 bridgehead atoms. The topological polar surface area (TPSA) is 93.7 Å². The molecule has 0 saturated heterocycles. The highest BCUT2D eigenvalue weighted by Crippen LogP contribution is 1.56. The second-order valence-electron chi connectivity index (χ2n) is 0.844. The average molecular weight is 133 g/mol. The van der Waals surface area contributed by atoms with Crippen molar-refractivity contribution in [3.8, 4) is 0 Å². The molecule has 0 aromatic rings. The highest BCUT2D eigenvalue weighted by atomic mass is 16.4. The van der Waals surface area contributed by atoms with Gasteiger partial charge in [0.15, 0.2) is 5.78 Å². The average Bonchev–Trinajstić information content (AvgIpc) is 1.72. The van der Waals surface area contributed by atoms with Crippen LogP contribution in [0.1, 0.15) is 6.92 Å². The molecule has 0 heterocycles. The number of hydrogen-bond donors (Lipinski definition) is 1. The van der Waals surface area contributed by atoms with Gasteiger partial charge in [0, 0.05) is 6.92 Å². The van der Waals surface area contributed by atoms with Crippen molar-refractivity contribution in [3.63, 3.8) is 0 Å². The summed E-state index contributed by atoms with van der Waals surface area (Å²) >= 11 is 0. The van der Waals surface area contributed by atoms with E-state index >= 15 is 0 Å². The van der Waals surface area contributed by atoms with E-state index < -0.39 is 11.8 Å². The van der Waals surface area contributed by atoms with E-state index in [9.17, 15) is 14.7 Å². The Balaban J connectivity index is -0.000000109. The zero-order valence-electron chi connectivity index (χ0n) is 5.64. The molecule has 0 saturated carbocycles. The van der Waals surface area contributed by atoms with Crippen molar-refractivity contribution >= 4 is 11.8 Å². The van der Waals surface area contributed by atoms with E-state index in [2.05, 4.69) is 13.2 Å². The molecule has 0 aliphatic carbocycles. The smallest absolute Gasteiger partial charge is 0.175 e. The fraction of sp³-hybridized carbons (Fsp3) is 0.200. The Kier molecular flexibility index (Phi) is 17.3. The number of hydrogen-bond acceptors (Lipinski definition) is 3. The van der Waals surface area contributed by atoms with Crippen LogP contribution in [0.25, 0.3) is 0 Å². The first kappa shape index (κ1) is 15.7. The van der Waals surface area contributed by atoms with E-state index in [1.54, 1.807) is 0 Å². The fourth-order valence-electron chi connectivity index (χ4n) is 0. The minimum absolute atomic E-state index is 0. The summed E-state index contributed by atoms with van der Waals surface area (Å²) < 4.78 is 0. The molecule has 0 aliphatic rings. The number of carboxylic acids is 1. The largest absolute Gasteiger partial charge is 0.542 e. The second-order valence-corrected chi connectivity index (χ2v) is 0.844. The van der Waals surface area contributed by atoms with E-state index in [0.29, 0.717) is 0 Å². The number of rotatable bonds is 1. The molecule has 0 radical (unpaired) electrons. The monoisotopic (exact) mass is 133 g/mol. The molecule has 0 spiro atoms. The first-order valence-electron chi connectivity index (χ1n) is 1.86. The van der Waals surface area contributed by atoms with Crippen molar-refractivity contribution in [1.82, 2.24) is 6.15 Å². The first-order valence-corrected chi connectivity index (χ1v) is 1.86. The second kappa shape index (κ2) is 9.96. The quantitative estimate of drug-likeness (QED) is 0.386. The first-order chi connectivity index (χ1) is 3.64. The van der Waals surface area contributed by atoms with Crippen LogP contribution in [0.4, 0.5) is 0 Å². The molecule has 0 aromatic heterocycles. The number of ketones is 1. The standard InChI is InChI=1S/C3H4O3.C2H4.H3N/c1-2(4)3(5)6;1-2;/h1H3,(H,5,6);1-2H2;1H3. The van der Waals surface area contributed by atoms with Crippen LogP contribution in [-0.4, -0.2) is 11.8 Å². The highest BCUT2D eigenvalue weighted by Gasteiger charge is 1.85. The van der Waals surface area contributed by atoms with Crippen LogP contribution < -0.4 is 11.3 Å². The van der Waals surface area contributed by atoms with Crippen molar-refractivity contribution in [2.24, 2.45) is 0 Å². The fourth-order valence-corrected chi connectivity index (χ4v) is 0. The van der Waals surface area contributed by atoms with Crippen LogP contribution in [0.5, 0.6) is 0 Å². The Morgan fingerprint density at radius 3 is 1.44 bits per heavy atom. The van der Waals surface area contributed by atoms with Gasteiger partial charge in [-0.2, -0.15) is 0 Å². The summed E-state index contributed by atoms with van der Waals surface area (Å²) in [6.45, 7) is 6.94. The van der Waals surface area contributed by atoms with Crippen molar-refractivity contribution in [2.75, 3.05) is 0 Å². The summed E-state index contributed by atoms with van der Waals surface area (Å²) in [7, 11) is 0. The highest BCUT2D eigenvalue weighted by molar-refractivity contribution is 6.30. The lowest BCUT2D eigenvalue weighted by molar-refractivity contribution is -0.299. The predicted octanol–water partition coefficient (Wildman–Crippen LogP) is -0.496. The Morgan fingerprint density at radius 1 is 1.33 bits per heavy atom. The lowest BCUT2D eigenvalue weighted by Crippen LogP contribution is -2.29. The third kappa shape index (κ3) is 19.9. The van der Waals surface area contributed by atoms with E-state index in [1.807, 2.05) is 0 Å². The van der Waals surface area contributed by atoms with Crippen LogP contribution in [0.15, 0.2) is 13.2 Å². The van der Waals surface area contributed by atoms with Crippen LogP contribution >= 0.6 is 0 Å². The Morgan fingerprint density at radius 2 is 1.44 bits per heavy atom. The van der Waals surface area contributed by atoms with E-state index in [-0.39, 0.29) is 6.15 Å². The molecule has 0 fully saturated rings. The molecule has 0 aliphatic heterocycles. The molecule has 4 heteroatoms. The molecule has 0 atom stereocenters. The van der Waals surface area contributed by atoms with Gasteiger partial charge in [0.1, 0.15) is 5.97 Å². The van der Waals surface area contributed by atoms with Gasteiger partial charge in [-0.25, -0.2) is 0 Å². The molecule has 9 heavy (non-hydrogen) atoms. The molecule has 54 valence electrons. The maximum Gasteiger partial charge on any atom is 0.175 e. The summed E-state index contributed by atoms with van der Waals surface area (Å²) in [5, 5.41) is 9.24. The molecule has 0 amide bonds. The number of quaternary nitrogens is 1. The van der Waals surface area contributed by atoms with Gasteiger partial charge < -0.3 is 16.1 Å². The van der Waals surface area contributed by atoms with E-state index in [0.717, 1.165) is 6.92 Å². The molecule has 0 rings (SSSR count). The van der Waals surface area contributed by atoms with Gasteiger partial charge in [-0.3, -0.25) is 4.79 Å². The summed E-state index contributed by atoms with van der Waals surface area (Å²) in [6.07, 6.45) is 0. The van der Waals surface area contributed by atoms with Gasteiger partial charge in [-0.15, -0.1) is 13.2 Å². The maximum absolute atomic E-state index is 9.48. The lowest BCUT2D eigenvalue weighted by Gasteiger charge is -1.87. The van der Waals surface area contributed by atoms with Crippen LogP contribution in [0.3, 0.4) is 0 Å². The van der Waals surface area contributed by atoms with Gasteiger partial charge in [-0.05, 0) is 0 Å². The number of carbonyl (C=O) groups excluding carboxylic acids is 2. The molecule has 0 aromatic carbocycles. The van der Waals surface area contributed by atoms with Gasteiger partial charge in [0.2, 0.25) is 0 Å². The van der Waals surface area contributed by atoms with Gasteiger partial charge in [0.25, 0.3) is 0 Å². The maximum atomic E-state index is 9.48. The predicted molar refractivity (Wildman–Crippen MR) is 32.9 cm³/mol. The zero-order chi connectivity index (χ0) is 7.15. The molecule has 4 N–H and O–H groups in total. The SMILES string of the molecule is C=C.CC(=O)C(=O)[O-].[NH4+]. The molecule has 4 nitrogen and oxygen atoms in total. The Labute approximate surface area is 53.8 Å². The third-order valence-electron chi connectivity index (χ3n) is 0.287. The minimum atomic E-state index is -1.63. The Hall–Kier alpha value is -1.16. The van der Waals surface area contributed by atoms with E-state index in [4.69, 9.17) is 0 Å². The minimum Gasteiger partial charge on any atom is -0.542 e. The zero-order valence-corrected chi connectivity index (χ0v) is 5.64. The van der Waals surface area contributed by atoms with Crippen LogP contribution in [0, 0.1) is 0 Å². The summed E-state index contributed by atoms with van der Waals surface area (Å²) in [4.78, 5) is 18.7. The van der Waals surface area contributed by atoms with Gasteiger partial charge in [-0.1, -0.05) is 0 Å². The lowest BCUT2D eigenvalue weighted by atomic mass is 10.5. The van der Waals surface area contributed by atoms with Crippen molar-refractivity contribution in [2.45, 2.75) is 6.92 Å². The van der Waals surface area contributed by atoms with Crippen LogP contribution in [0.2, 0.25) is 0 Å². The number of carboxylic acid groups (broad SMARTS) is 1. The number of Topliss-reactive ketones (excluding diaryl/α,β-unsaturated/α-hetero) is 1. The summed E-state index contributed by atoms with van der Waals surface area (Å²) in [5.41, 5.74) is 0. The van der Waals surface area contributed by atoms with Crippen molar-refractivity contribution < 1.29 is 14.7 Å². The summed E-state index contributed by atoms with van der Waals surface area (Å²) in [5.74, 6) is -2.56. The Bertz CT molecular complexity index is 88.4. The number of aliphatic carboxylic acids is 1. The normalized spacial score (nSPS) is 5.44. The van der Waals surface area contributed by atoms with Crippen LogP contribution in [-0.2, 0) is 9.59 Å². The van der Waals surface area contributed by atoms with Gasteiger partial charge in [0.05, 0.1) is 0 Å². The third-order valence-corrected chi connectivity index (χ3v) is 0.287.